The molecule has 10 heteroatoms. The van der Waals surface area contributed by atoms with Crippen molar-refractivity contribution < 1.29 is 27.5 Å². The third kappa shape index (κ3) is 6.35. The van der Waals surface area contributed by atoms with Gasteiger partial charge in [-0.15, -0.1) is 0 Å². The molecule has 0 bridgehead atoms. The quantitative estimate of drug-likeness (QED) is 0.411. The van der Waals surface area contributed by atoms with Crippen LogP contribution in [0.25, 0.3) is 0 Å². The standard InChI is InChI=1S/C28H37N3O6S/c1-6-8-9-20(7-2)29-27(34)30-38(35,36)22-13-10-19(11-14-22)16-17-31-25(32)23-18-21(37-5)12-15-24(23)28(3,4)26(31)33/h10-15,18,20H,6-9,16-17H2,1-5H3,(H2,29,30,34). The Morgan fingerprint density at radius 2 is 1.76 bits per heavy atom. The summed E-state index contributed by atoms with van der Waals surface area (Å²) in [6.45, 7) is 7.71. The molecule has 2 aromatic carbocycles. The highest BCUT2D eigenvalue weighted by Gasteiger charge is 2.44. The van der Waals surface area contributed by atoms with Gasteiger partial charge in [0.05, 0.1) is 17.4 Å². The minimum absolute atomic E-state index is 0.0507. The number of ether oxygens (including phenoxy) is 1. The molecule has 9 nitrogen and oxygen atoms in total. The van der Waals surface area contributed by atoms with Crippen LogP contribution in [0.3, 0.4) is 0 Å². The minimum atomic E-state index is -4.05. The van der Waals surface area contributed by atoms with Gasteiger partial charge < -0.3 is 10.1 Å². The Kier molecular flexibility index (Phi) is 9.19. The number of rotatable bonds is 11. The van der Waals surface area contributed by atoms with Crippen LogP contribution in [0.1, 0.15) is 74.9 Å². The summed E-state index contributed by atoms with van der Waals surface area (Å²) in [6, 6.07) is 10.3. The van der Waals surface area contributed by atoms with E-state index in [9.17, 15) is 22.8 Å². The fourth-order valence-electron chi connectivity index (χ4n) is 4.57. The number of carbonyl (C=O) groups excluding carboxylic acids is 3. The zero-order valence-corrected chi connectivity index (χ0v) is 23.5. The van der Waals surface area contributed by atoms with Crippen molar-refractivity contribution in [3.8, 4) is 5.75 Å². The highest BCUT2D eigenvalue weighted by atomic mass is 32.2. The number of methoxy groups -OCH3 is 1. The average Bonchev–Trinajstić information content (AvgIpc) is 2.89. The summed E-state index contributed by atoms with van der Waals surface area (Å²) in [4.78, 5) is 39.8. The van der Waals surface area contributed by atoms with Crippen molar-refractivity contribution in [3.05, 3.63) is 59.2 Å². The van der Waals surface area contributed by atoms with E-state index in [-0.39, 0.29) is 29.3 Å². The van der Waals surface area contributed by atoms with Crippen molar-refractivity contribution in [1.29, 1.82) is 0 Å². The van der Waals surface area contributed by atoms with E-state index < -0.39 is 21.5 Å². The number of benzene rings is 2. The van der Waals surface area contributed by atoms with Crippen molar-refractivity contribution in [2.45, 2.75) is 76.2 Å². The third-order valence-corrected chi connectivity index (χ3v) is 8.32. The van der Waals surface area contributed by atoms with E-state index >= 15 is 0 Å². The molecule has 0 saturated heterocycles. The maximum absolute atomic E-state index is 13.2. The lowest BCUT2D eigenvalue weighted by molar-refractivity contribution is -0.134. The molecule has 0 aromatic heterocycles. The molecule has 38 heavy (non-hydrogen) atoms. The second kappa shape index (κ2) is 12.0. The molecule has 0 saturated carbocycles. The number of carbonyl (C=O) groups is 3. The van der Waals surface area contributed by atoms with Gasteiger partial charge in [0, 0.05) is 18.2 Å². The van der Waals surface area contributed by atoms with E-state index in [1.807, 2.05) is 6.92 Å². The molecule has 1 heterocycles. The van der Waals surface area contributed by atoms with Crippen molar-refractivity contribution in [3.63, 3.8) is 0 Å². The highest BCUT2D eigenvalue weighted by molar-refractivity contribution is 7.90. The number of hydrogen-bond acceptors (Lipinski definition) is 6. The van der Waals surface area contributed by atoms with Crippen LogP contribution in [-0.4, -0.2) is 50.9 Å². The number of urea groups is 1. The molecule has 1 aliphatic rings. The first-order valence-electron chi connectivity index (χ1n) is 12.9. The van der Waals surface area contributed by atoms with Crippen LogP contribution in [0, 0.1) is 0 Å². The van der Waals surface area contributed by atoms with Gasteiger partial charge >= 0.3 is 6.03 Å². The predicted molar refractivity (Wildman–Crippen MR) is 145 cm³/mol. The molecule has 3 rings (SSSR count). The molecule has 1 atom stereocenters. The normalized spacial score (nSPS) is 15.6. The van der Waals surface area contributed by atoms with E-state index in [0.29, 0.717) is 29.7 Å². The largest absolute Gasteiger partial charge is 0.497 e. The summed E-state index contributed by atoms with van der Waals surface area (Å²) in [5.41, 5.74) is 0.951. The number of nitrogens with one attached hydrogen (secondary N) is 2. The second-order valence-electron chi connectivity index (χ2n) is 10.0. The SMILES string of the molecule is CCCCC(CC)NC(=O)NS(=O)(=O)c1ccc(CCN2C(=O)c3cc(OC)ccc3C(C)(C)C2=O)cc1. The molecule has 1 aliphatic heterocycles. The summed E-state index contributed by atoms with van der Waals surface area (Å²) < 4.78 is 32.7. The lowest BCUT2D eigenvalue weighted by atomic mass is 9.77. The summed E-state index contributed by atoms with van der Waals surface area (Å²) in [5, 5.41) is 2.72. The monoisotopic (exact) mass is 543 g/mol. The van der Waals surface area contributed by atoms with Crippen LogP contribution < -0.4 is 14.8 Å². The Labute approximate surface area is 225 Å². The summed E-state index contributed by atoms with van der Waals surface area (Å²) in [6.07, 6.45) is 3.77. The predicted octanol–water partition coefficient (Wildman–Crippen LogP) is 4.15. The molecule has 0 aliphatic carbocycles. The molecule has 0 radical (unpaired) electrons. The maximum atomic E-state index is 13.2. The zero-order valence-electron chi connectivity index (χ0n) is 22.7. The van der Waals surface area contributed by atoms with E-state index in [1.165, 1.54) is 24.1 Å². The van der Waals surface area contributed by atoms with Gasteiger partial charge in [-0.2, -0.15) is 0 Å². The van der Waals surface area contributed by atoms with Crippen LogP contribution in [0.2, 0.25) is 0 Å². The number of amides is 4. The maximum Gasteiger partial charge on any atom is 0.328 e. The number of nitrogens with zero attached hydrogens (tertiary/aromatic N) is 1. The van der Waals surface area contributed by atoms with Gasteiger partial charge in [-0.25, -0.2) is 17.9 Å². The molecular weight excluding hydrogens is 506 g/mol. The fourth-order valence-corrected chi connectivity index (χ4v) is 5.48. The fraction of sp³-hybridized carbons (Fsp3) is 0.464. The lowest BCUT2D eigenvalue weighted by Gasteiger charge is -2.37. The van der Waals surface area contributed by atoms with Gasteiger partial charge in [-0.05, 0) is 68.5 Å². The van der Waals surface area contributed by atoms with Gasteiger partial charge in [-0.3, -0.25) is 14.5 Å². The smallest absolute Gasteiger partial charge is 0.328 e. The average molecular weight is 544 g/mol. The lowest BCUT2D eigenvalue weighted by Crippen LogP contribution is -2.52. The van der Waals surface area contributed by atoms with Crippen LogP contribution in [-0.2, 0) is 26.7 Å². The van der Waals surface area contributed by atoms with Crippen LogP contribution in [0.5, 0.6) is 5.75 Å². The van der Waals surface area contributed by atoms with Crippen molar-refractivity contribution in [1.82, 2.24) is 14.9 Å². The Morgan fingerprint density at radius 1 is 1.08 bits per heavy atom. The van der Waals surface area contributed by atoms with Gasteiger partial charge in [-0.1, -0.05) is 44.9 Å². The Bertz CT molecular complexity index is 1290. The first-order valence-corrected chi connectivity index (χ1v) is 14.4. The van der Waals surface area contributed by atoms with Crippen LogP contribution in [0.15, 0.2) is 47.4 Å². The van der Waals surface area contributed by atoms with E-state index in [0.717, 1.165) is 24.8 Å². The van der Waals surface area contributed by atoms with E-state index in [2.05, 4.69) is 17.0 Å². The van der Waals surface area contributed by atoms with Gasteiger partial charge in [0.15, 0.2) is 0 Å². The minimum Gasteiger partial charge on any atom is -0.497 e. The number of unbranched alkanes of at least 4 members (excludes halogenated alkanes) is 1. The first kappa shape index (κ1) is 29.2. The Morgan fingerprint density at radius 3 is 2.37 bits per heavy atom. The molecule has 4 amide bonds. The van der Waals surface area contributed by atoms with Gasteiger partial charge in [0.1, 0.15) is 5.75 Å². The Balaban J connectivity index is 1.67. The zero-order chi connectivity index (χ0) is 28.1. The molecule has 2 aromatic rings. The highest BCUT2D eigenvalue weighted by Crippen LogP contribution is 2.36. The molecule has 206 valence electrons. The number of imide groups is 1. The van der Waals surface area contributed by atoms with Gasteiger partial charge in [0.2, 0.25) is 5.91 Å². The molecule has 2 N–H and O–H groups in total. The van der Waals surface area contributed by atoms with Crippen molar-refractivity contribution in [2.24, 2.45) is 0 Å². The molecule has 0 fully saturated rings. The Hall–Kier alpha value is -3.40. The topological polar surface area (TPSA) is 122 Å². The number of sulfonamides is 1. The van der Waals surface area contributed by atoms with E-state index in [4.69, 9.17) is 4.74 Å². The van der Waals surface area contributed by atoms with Gasteiger partial charge in [0.25, 0.3) is 15.9 Å². The van der Waals surface area contributed by atoms with Crippen LogP contribution >= 0.6 is 0 Å². The molecule has 1 unspecified atom stereocenters. The molecule has 0 spiro atoms. The summed E-state index contributed by atoms with van der Waals surface area (Å²) in [7, 11) is -2.53. The number of fused-ring (bicyclic) bond motifs is 1. The molecular formula is C28H37N3O6S. The van der Waals surface area contributed by atoms with Crippen molar-refractivity contribution >= 4 is 27.9 Å². The third-order valence-electron chi connectivity index (χ3n) is 6.97. The van der Waals surface area contributed by atoms with E-state index in [1.54, 1.807) is 44.2 Å². The van der Waals surface area contributed by atoms with Crippen LogP contribution in [0.4, 0.5) is 4.79 Å². The van der Waals surface area contributed by atoms with Crippen molar-refractivity contribution in [2.75, 3.05) is 13.7 Å². The summed E-state index contributed by atoms with van der Waals surface area (Å²) >= 11 is 0. The second-order valence-corrected chi connectivity index (χ2v) is 11.7. The summed E-state index contributed by atoms with van der Waals surface area (Å²) in [5.74, 6) is -0.145. The number of hydrogen-bond donors (Lipinski definition) is 2. The first-order chi connectivity index (χ1) is 17.9.